The number of alkyl halides is 1. The normalized spacial score (nSPS) is 24.3. The highest BCUT2D eigenvalue weighted by atomic mass is 19.1. The molecule has 1 aromatic heterocycles. The van der Waals surface area contributed by atoms with Gasteiger partial charge in [0.15, 0.2) is 0 Å². The molecule has 2 heterocycles. The minimum Gasteiger partial charge on any atom is -0.475 e. The second kappa shape index (κ2) is 10.9. The first-order chi connectivity index (χ1) is 18.4. The minimum atomic E-state index is -1.17. The number of nitrogens with two attached hydrogens (primary N) is 1. The number of carboxylic acids is 1. The fourth-order valence-corrected chi connectivity index (χ4v) is 6.01. The van der Waals surface area contributed by atoms with E-state index in [1.807, 2.05) is 30.3 Å². The van der Waals surface area contributed by atoms with Gasteiger partial charge in [0.1, 0.15) is 18.3 Å². The van der Waals surface area contributed by atoms with E-state index in [4.69, 9.17) is 10.2 Å². The van der Waals surface area contributed by atoms with Crippen molar-refractivity contribution >= 4 is 34.4 Å². The lowest BCUT2D eigenvalue weighted by Crippen LogP contribution is -2.48. The van der Waals surface area contributed by atoms with Gasteiger partial charge in [-0.1, -0.05) is 30.3 Å². The number of likely N-dealkylation sites (tertiary alicyclic amines) is 1. The zero-order valence-electron chi connectivity index (χ0n) is 21.0. The molecule has 2 aromatic carbocycles. The summed E-state index contributed by atoms with van der Waals surface area (Å²) >= 11 is 0. The molecular weight excluding hydrogens is 489 g/mol. The molecule has 1 aliphatic carbocycles. The predicted octanol–water partition coefficient (Wildman–Crippen LogP) is 4.56. The molecule has 38 heavy (non-hydrogen) atoms. The Kier molecular flexibility index (Phi) is 7.46. The third-order valence-electron chi connectivity index (χ3n) is 8.08. The van der Waals surface area contributed by atoms with Crippen molar-refractivity contribution in [2.45, 2.75) is 50.1 Å². The van der Waals surface area contributed by atoms with Crippen LogP contribution in [0.25, 0.3) is 11.0 Å². The van der Waals surface area contributed by atoms with E-state index in [-0.39, 0.29) is 35.3 Å². The number of carboxylic acid groups (broad SMARTS) is 1. The summed E-state index contributed by atoms with van der Waals surface area (Å²) in [6.07, 6.45) is 3.36. The third-order valence-corrected chi connectivity index (χ3v) is 8.08. The van der Waals surface area contributed by atoms with Crippen molar-refractivity contribution in [2.24, 2.45) is 17.6 Å². The van der Waals surface area contributed by atoms with Crippen LogP contribution in [0.3, 0.4) is 0 Å². The monoisotopic (exact) mass is 521 g/mol. The van der Waals surface area contributed by atoms with Gasteiger partial charge in [-0.3, -0.25) is 9.59 Å². The van der Waals surface area contributed by atoms with Crippen molar-refractivity contribution in [1.29, 1.82) is 0 Å². The van der Waals surface area contributed by atoms with Gasteiger partial charge in [-0.05, 0) is 67.9 Å². The molecule has 0 bridgehead atoms. The van der Waals surface area contributed by atoms with E-state index >= 15 is 0 Å². The third kappa shape index (κ3) is 5.15. The van der Waals surface area contributed by atoms with Crippen molar-refractivity contribution in [3.8, 4) is 0 Å². The molecule has 0 radical (unpaired) electrons. The summed E-state index contributed by atoms with van der Waals surface area (Å²) in [6, 6.07) is 14.9. The molecule has 0 spiro atoms. The zero-order chi connectivity index (χ0) is 26.8. The van der Waals surface area contributed by atoms with Crippen LogP contribution in [0.1, 0.15) is 54.1 Å². The van der Waals surface area contributed by atoms with Gasteiger partial charge in [0.05, 0.1) is 0 Å². The molecule has 8 nitrogen and oxygen atoms in total. The maximum absolute atomic E-state index is 13.7. The van der Waals surface area contributed by atoms with E-state index in [2.05, 4.69) is 5.32 Å². The number of nitrogens with one attached hydrogen (secondary N) is 1. The van der Waals surface area contributed by atoms with Crippen LogP contribution in [0.5, 0.6) is 0 Å². The van der Waals surface area contributed by atoms with Crippen molar-refractivity contribution < 1.29 is 28.3 Å². The van der Waals surface area contributed by atoms with E-state index < -0.39 is 24.7 Å². The van der Waals surface area contributed by atoms with E-state index in [9.17, 15) is 23.9 Å². The molecule has 1 aliphatic heterocycles. The zero-order valence-corrected chi connectivity index (χ0v) is 21.0. The van der Waals surface area contributed by atoms with Crippen molar-refractivity contribution in [2.75, 3.05) is 18.5 Å². The topological polar surface area (TPSA) is 126 Å². The molecule has 5 rings (SSSR count). The van der Waals surface area contributed by atoms with Crippen LogP contribution in [0.2, 0.25) is 0 Å². The van der Waals surface area contributed by atoms with Crippen molar-refractivity contribution in [1.82, 2.24) is 4.90 Å². The lowest BCUT2D eigenvalue weighted by Gasteiger charge is -2.35. The molecule has 2 aliphatic rings. The lowest BCUT2D eigenvalue weighted by molar-refractivity contribution is -0.141. The summed E-state index contributed by atoms with van der Waals surface area (Å²) in [5.41, 5.74) is 7.80. The van der Waals surface area contributed by atoms with Gasteiger partial charge in [0.2, 0.25) is 17.6 Å². The lowest BCUT2D eigenvalue weighted by atomic mass is 9.78. The number of fused-ring (bicyclic) bond motifs is 1. The summed E-state index contributed by atoms with van der Waals surface area (Å²) in [5.74, 6) is -1.96. The fraction of sp³-hybridized carbons (Fsp3) is 0.414. The Balaban J connectivity index is 1.37. The highest BCUT2D eigenvalue weighted by Crippen LogP contribution is 2.38. The van der Waals surface area contributed by atoms with E-state index in [1.54, 1.807) is 23.1 Å². The number of halogens is 1. The summed E-state index contributed by atoms with van der Waals surface area (Å²) in [7, 11) is 0. The van der Waals surface area contributed by atoms with E-state index in [1.165, 1.54) is 6.07 Å². The van der Waals surface area contributed by atoms with Crippen LogP contribution < -0.4 is 11.1 Å². The average Bonchev–Trinajstić information content (AvgIpc) is 3.58. The Morgan fingerprint density at radius 1 is 1.05 bits per heavy atom. The van der Waals surface area contributed by atoms with E-state index in [0.717, 1.165) is 5.56 Å². The standard InChI is InChI=1S/C29H32FN3O5/c30-16-23(31)18-6-8-19(9-7-18)28(35)33-13-12-22(17-4-2-1-3-5-17)26(33)27(34)32-21-10-11-24-20(14-21)15-25(38-24)29(36)37/h1-5,10-11,14-15,18-19,22-23,26H,6-9,12-13,16,31H2,(H,32,34)(H,36,37)/t18?,19?,22-,23-,26+/m1/s1. The largest absolute Gasteiger partial charge is 0.475 e. The minimum absolute atomic E-state index is 0.0350. The smallest absolute Gasteiger partial charge is 0.371 e. The Morgan fingerprint density at radius 2 is 1.79 bits per heavy atom. The van der Waals surface area contributed by atoms with Crippen LogP contribution in [-0.2, 0) is 9.59 Å². The summed E-state index contributed by atoms with van der Waals surface area (Å²) in [5, 5.41) is 12.7. The average molecular weight is 522 g/mol. The second-order valence-corrected chi connectivity index (χ2v) is 10.4. The van der Waals surface area contributed by atoms with Gasteiger partial charge < -0.3 is 25.5 Å². The highest BCUT2D eigenvalue weighted by molar-refractivity contribution is 6.00. The number of furan rings is 1. The molecule has 3 aromatic rings. The van der Waals surface area contributed by atoms with Gasteiger partial charge >= 0.3 is 5.97 Å². The van der Waals surface area contributed by atoms with Crippen LogP contribution >= 0.6 is 0 Å². The van der Waals surface area contributed by atoms with Gasteiger partial charge in [0, 0.05) is 35.5 Å². The maximum Gasteiger partial charge on any atom is 0.371 e. The van der Waals surface area contributed by atoms with Gasteiger partial charge in [-0.15, -0.1) is 0 Å². The first-order valence-electron chi connectivity index (χ1n) is 13.1. The van der Waals surface area contributed by atoms with Crippen molar-refractivity contribution in [3.05, 3.63) is 65.9 Å². The summed E-state index contributed by atoms with van der Waals surface area (Å²) in [6.45, 7) is -0.0816. The molecular formula is C29H32FN3O5. The molecule has 9 heteroatoms. The van der Waals surface area contributed by atoms with Gasteiger partial charge in [0.25, 0.3) is 0 Å². The molecule has 1 saturated carbocycles. The Morgan fingerprint density at radius 3 is 2.47 bits per heavy atom. The van der Waals surface area contributed by atoms with E-state index in [0.29, 0.717) is 55.3 Å². The predicted molar refractivity (Wildman–Crippen MR) is 141 cm³/mol. The fourth-order valence-electron chi connectivity index (χ4n) is 6.01. The molecule has 3 atom stereocenters. The highest BCUT2D eigenvalue weighted by Gasteiger charge is 2.44. The molecule has 4 N–H and O–H groups in total. The first kappa shape index (κ1) is 25.9. The number of anilines is 1. The molecule has 200 valence electrons. The molecule has 2 amide bonds. The second-order valence-electron chi connectivity index (χ2n) is 10.4. The number of aromatic carboxylic acids is 1. The molecule has 2 fully saturated rings. The SMILES string of the molecule is N[C@H](CF)C1CCC(C(=O)N2CC[C@H](c3ccccc3)[C@H]2C(=O)Nc2ccc3oc(C(=O)O)cc3c2)CC1. The number of rotatable bonds is 7. The van der Waals surface area contributed by atoms with Gasteiger partial charge in [-0.25, -0.2) is 9.18 Å². The molecule has 1 saturated heterocycles. The number of nitrogens with zero attached hydrogens (tertiary/aromatic N) is 1. The van der Waals surface area contributed by atoms with Crippen LogP contribution in [-0.4, -0.2) is 53.1 Å². The number of hydrogen-bond donors (Lipinski definition) is 3. The number of carbonyl (C=O) groups excluding carboxylic acids is 2. The van der Waals surface area contributed by atoms with Crippen LogP contribution in [0.4, 0.5) is 10.1 Å². The number of amides is 2. The van der Waals surface area contributed by atoms with Crippen molar-refractivity contribution in [3.63, 3.8) is 0 Å². The van der Waals surface area contributed by atoms with Gasteiger partial charge in [-0.2, -0.15) is 0 Å². The number of benzene rings is 2. The quantitative estimate of drug-likeness (QED) is 0.419. The Labute approximate surface area is 220 Å². The molecule has 0 unspecified atom stereocenters. The maximum atomic E-state index is 13.7. The Hall–Kier alpha value is -3.72. The Bertz CT molecular complexity index is 1320. The van der Waals surface area contributed by atoms with Crippen LogP contribution in [0.15, 0.2) is 59.0 Å². The summed E-state index contributed by atoms with van der Waals surface area (Å²) in [4.78, 5) is 40.4. The van der Waals surface area contributed by atoms with Crippen LogP contribution in [0, 0.1) is 11.8 Å². The first-order valence-corrected chi connectivity index (χ1v) is 13.1. The summed E-state index contributed by atoms with van der Waals surface area (Å²) < 4.78 is 18.4. The number of carbonyl (C=O) groups is 3. The number of hydrogen-bond acceptors (Lipinski definition) is 5.